The Labute approximate surface area is 315 Å². The molecule has 0 radical (unpaired) electrons. The van der Waals surface area contributed by atoms with Gasteiger partial charge in [-0.15, -0.1) is 0 Å². The van der Waals surface area contributed by atoms with E-state index in [-0.39, 0.29) is 10.8 Å². The Morgan fingerprint density at radius 2 is 1.38 bits per heavy atom. The molecule has 0 bridgehead atoms. The van der Waals surface area contributed by atoms with Crippen LogP contribution < -0.4 is 4.74 Å². The monoisotopic (exact) mass is 702 g/mol. The SMILES string of the molecule is Cc1cc(CCC(C)(C)C)c(-c2cnn(-c3cccc(Oc4ccc5c6ccccc6n(-c6cc(C(C)C)ccn6)c5c4)c3)c2)c(CCC(C)(C)C)c1. The van der Waals surface area contributed by atoms with Gasteiger partial charge >= 0.3 is 0 Å². The van der Waals surface area contributed by atoms with Gasteiger partial charge in [-0.05, 0) is 114 Å². The molecule has 0 aliphatic rings. The summed E-state index contributed by atoms with van der Waals surface area (Å²) in [6.45, 7) is 20.6. The van der Waals surface area contributed by atoms with Crippen LogP contribution in [0.15, 0.2) is 110 Å². The molecular weight excluding hydrogens is 649 g/mol. The summed E-state index contributed by atoms with van der Waals surface area (Å²) in [5, 5.41) is 7.28. The predicted octanol–water partition coefficient (Wildman–Crippen LogP) is 13.2. The van der Waals surface area contributed by atoms with E-state index in [4.69, 9.17) is 14.8 Å². The van der Waals surface area contributed by atoms with E-state index in [1.165, 1.54) is 38.6 Å². The number of pyridine rings is 1. The highest BCUT2D eigenvalue weighted by atomic mass is 16.5. The highest BCUT2D eigenvalue weighted by molar-refractivity contribution is 6.09. The Hall–Kier alpha value is -5.16. The van der Waals surface area contributed by atoms with Crippen molar-refractivity contribution in [1.29, 1.82) is 0 Å². The molecule has 5 nitrogen and oxygen atoms in total. The number of ether oxygens (including phenoxy) is 1. The number of aromatic nitrogens is 4. The molecule has 3 aromatic heterocycles. The lowest BCUT2D eigenvalue weighted by atomic mass is 9.82. The van der Waals surface area contributed by atoms with Crippen molar-refractivity contribution in [1.82, 2.24) is 19.3 Å². The number of hydrogen-bond donors (Lipinski definition) is 0. The smallest absolute Gasteiger partial charge is 0.137 e. The van der Waals surface area contributed by atoms with Gasteiger partial charge in [0.1, 0.15) is 17.3 Å². The van der Waals surface area contributed by atoms with Gasteiger partial charge in [-0.1, -0.05) is 97.4 Å². The minimum Gasteiger partial charge on any atom is -0.457 e. The summed E-state index contributed by atoms with van der Waals surface area (Å²) in [6, 6.07) is 32.2. The van der Waals surface area contributed by atoms with Crippen LogP contribution in [-0.4, -0.2) is 19.3 Å². The molecule has 0 saturated carbocycles. The second kappa shape index (κ2) is 14.3. The normalized spacial score (nSPS) is 12.3. The Morgan fingerprint density at radius 1 is 0.698 bits per heavy atom. The van der Waals surface area contributed by atoms with Gasteiger partial charge in [-0.2, -0.15) is 5.10 Å². The molecule has 0 saturated heterocycles. The fourth-order valence-corrected chi connectivity index (χ4v) is 7.32. The quantitative estimate of drug-likeness (QED) is 0.142. The van der Waals surface area contributed by atoms with Crippen LogP contribution in [0.2, 0.25) is 0 Å². The van der Waals surface area contributed by atoms with Crippen LogP contribution in [-0.2, 0) is 12.8 Å². The van der Waals surface area contributed by atoms with Crippen molar-refractivity contribution >= 4 is 21.8 Å². The highest BCUT2D eigenvalue weighted by Gasteiger charge is 2.20. The fourth-order valence-electron chi connectivity index (χ4n) is 7.32. The first-order chi connectivity index (χ1) is 25.2. The van der Waals surface area contributed by atoms with Crippen molar-refractivity contribution in [2.24, 2.45) is 10.8 Å². The number of rotatable bonds is 10. The number of para-hydroxylation sites is 1. The van der Waals surface area contributed by atoms with E-state index in [9.17, 15) is 0 Å². The van der Waals surface area contributed by atoms with E-state index in [0.29, 0.717) is 5.92 Å². The van der Waals surface area contributed by atoms with Crippen molar-refractivity contribution in [3.8, 4) is 34.1 Å². The third kappa shape index (κ3) is 8.10. The molecule has 0 atom stereocenters. The summed E-state index contributed by atoms with van der Waals surface area (Å²) < 4.78 is 10.8. The van der Waals surface area contributed by atoms with Crippen molar-refractivity contribution in [3.05, 3.63) is 132 Å². The lowest BCUT2D eigenvalue weighted by Crippen LogP contribution is -2.10. The molecule has 5 heteroatoms. The second-order valence-electron chi connectivity index (χ2n) is 17.5. The molecule has 0 fully saturated rings. The van der Waals surface area contributed by atoms with E-state index >= 15 is 0 Å². The Morgan fingerprint density at radius 3 is 2.08 bits per heavy atom. The molecule has 53 heavy (non-hydrogen) atoms. The molecule has 7 aromatic rings. The summed E-state index contributed by atoms with van der Waals surface area (Å²) >= 11 is 0. The van der Waals surface area contributed by atoms with Crippen LogP contribution in [0.3, 0.4) is 0 Å². The van der Waals surface area contributed by atoms with E-state index in [2.05, 4.69) is 152 Å². The molecular formula is C48H54N4O. The third-order valence-corrected chi connectivity index (χ3v) is 10.2. The minimum absolute atomic E-state index is 0.258. The van der Waals surface area contributed by atoms with Crippen LogP contribution in [0.5, 0.6) is 11.5 Å². The first-order valence-electron chi connectivity index (χ1n) is 19.2. The largest absolute Gasteiger partial charge is 0.457 e. The van der Waals surface area contributed by atoms with E-state index in [1.54, 1.807) is 0 Å². The van der Waals surface area contributed by atoms with E-state index in [0.717, 1.165) is 65.3 Å². The second-order valence-corrected chi connectivity index (χ2v) is 17.5. The van der Waals surface area contributed by atoms with Gasteiger partial charge < -0.3 is 4.74 Å². The Kier molecular flexibility index (Phi) is 9.80. The zero-order valence-corrected chi connectivity index (χ0v) is 33.0. The summed E-state index contributed by atoms with van der Waals surface area (Å²) in [5.74, 6) is 2.85. The number of aryl methyl sites for hydroxylation is 3. The van der Waals surface area contributed by atoms with Crippen LogP contribution in [0.4, 0.5) is 0 Å². The molecule has 0 unspecified atom stereocenters. The van der Waals surface area contributed by atoms with Crippen LogP contribution in [0, 0.1) is 17.8 Å². The molecule has 3 heterocycles. The molecule has 0 aliphatic heterocycles. The first-order valence-corrected chi connectivity index (χ1v) is 19.2. The van der Waals surface area contributed by atoms with E-state index in [1.807, 2.05) is 29.2 Å². The number of fused-ring (bicyclic) bond motifs is 3. The lowest BCUT2D eigenvalue weighted by Gasteiger charge is -2.23. The lowest BCUT2D eigenvalue weighted by molar-refractivity contribution is 0.376. The molecule has 272 valence electrons. The number of benzene rings is 4. The Balaban J connectivity index is 1.22. The molecule has 0 N–H and O–H groups in total. The standard InChI is InChI=1S/C48H54N4O/c1-32(2)34-21-24-49-45(27-34)52-43-16-11-10-15-41(43)42-18-17-40(29-44(42)52)53-39-14-12-13-38(28-39)51-31-37(30-50-51)46-35(19-22-47(4,5)6)25-33(3)26-36(46)20-23-48(7,8)9/h10-18,21,24-32H,19-20,22-23H2,1-9H3. The topological polar surface area (TPSA) is 44.9 Å². The summed E-state index contributed by atoms with van der Waals surface area (Å²) in [7, 11) is 0. The molecule has 7 rings (SSSR count). The number of nitrogens with zero attached hydrogens (tertiary/aromatic N) is 4. The van der Waals surface area contributed by atoms with Crippen molar-refractivity contribution in [2.75, 3.05) is 0 Å². The molecule has 0 amide bonds. The maximum atomic E-state index is 6.59. The maximum Gasteiger partial charge on any atom is 0.137 e. The van der Waals surface area contributed by atoms with Crippen LogP contribution in [0.1, 0.15) is 96.4 Å². The van der Waals surface area contributed by atoms with Gasteiger partial charge in [-0.25, -0.2) is 9.67 Å². The summed E-state index contributed by atoms with van der Waals surface area (Å²) in [5.41, 5.74) is 11.6. The van der Waals surface area contributed by atoms with Gasteiger partial charge in [0, 0.05) is 40.9 Å². The first kappa shape index (κ1) is 36.2. The highest BCUT2D eigenvalue weighted by Crippen LogP contribution is 2.37. The fraction of sp³-hybridized carbons (Fsp3) is 0.333. The van der Waals surface area contributed by atoms with E-state index < -0.39 is 0 Å². The van der Waals surface area contributed by atoms with Gasteiger partial charge in [0.25, 0.3) is 0 Å². The molecule has 0 spiro atoms. The molecule has 4 aromatic carbocycles. The van der Waals surface area contributed by atoms with Crippen molar-refractivity contribution in [3.63, 3.8) is 0 Å². The number of hydrogen-bond acceptors (Lipinski definition) is 3. The van der Waals surface area contributed by atoms with Gasteiger partial charge in [0.2, 0.25) is 0 Å². The predicted molar refractivity (Wildman–Crippen MR) is 222 cm³/mol. The zero-order chi connectivity index (χ0) is 37.5. The minimum atomic E-state index is 0.258. The summed E-state index contributed by atoms with van der Waals surface area (Å²) in [4.78, 5) is 4.82. The van der Waals surface area contributed by atoms with Crippen molar-refractivity contribution in [2.45, 2.75) is 93.9 Å². The van der Waals surface area contributed by atoms with Crippen LogP contribution >= 0.6 is 0 Å². The van der Waals surface area contributed by atoms with Crippen LogP contribution in [0.25, 0.3) is 44.4 Å². The average Bonchev–Trinajstić information content (AvgIpc) is 3.72. The van der Waals surface area contributed by atoms with Gasteiger partial charge in [0.15, 0.2) is 0 Å². The summed E-state index contributed by atoms with van der Waals surface area (Å²) in [6.07, 6.45) is 10.5. The molecule has 0 aliphatic carbocycles. The third-order valence-electron chi connectivity index (χ3n) is 10.2. The van der Waals surface area contributed by atoms with Gasteiger partial charge in [0.05, 0.1) is 22.9 Å². The zero-order valence-electron chi connectivity index (χ0n) is 33.0. The van der Waals surface area contributed by atoms with Crippen molar-refractivity contribution < 1.29 is 4.74 Å². The average molecular weight is 703 g/mol. The maximum absolute atomic E-state index is 6.59. The Bertz CT molecular complexity index is 2360. The van der Waals surface area contributed by atoms with Gasteiger partial charge in [-0.3, -0.25) is 4.57 Å².